The quantitative estimate of drug-likeness (QED) is 0.744. The number of carboxylic acids is 1. The third-order valence-electron chi connectivity index (χ3n) is 2.92. The number of carbonyl (C=O) groups is 1. The molecular weight excluding hydrogens is 246 g/mol. The lowest BCUT2D eigenvalue weighted by atomic mass is 10.2. The van der Waals surface area contributed by atoms with Gasteiger partial charge in [-0.05, 0) is 19.1 Å². The highest BCUT2D eigenvalue weighted by molar-refractivity contribution is 6.00. The Hall–Kier alpha value is -2.70. The van der Waals surface area contributed by atoms with E-state index in [-0.39, 0.29) is 5.56 Å². The summed E-state index contributed by atoms with van der Waals surface area (Å²) in [4.78, 5) is 11.1. The number of benzene rings is 1. The summed E-state index contributed by atoms with van der Waals surface area (Å²) in [6, 6.07) is 4.98. The van der Waals surface area contributed by atoms with Gasteiger partial charge in [0.2, 0.25) is 0 Å². The van der Waals surface area contributed by atoms with Crippen LogP contribution in [0.1, 0.15) is 16.1 Å². The lowest BCUT2D eigenvalue weighted by Crippen LogP contribution is -1.98. The van der Waals surface area contributed by atoms with Crippen molar-refractivity contribution in [1.82, 2.24) is 24.8 Å². The minimum absolute atomic E-state index is 0.144. The Bertz CT molecular complexity index is 787. The monoisotopic (exact) mass is 257 g/mol. The molecule has 0 bridgehead atoms. The van der Waals surface area contributed by atoms with Gasteiger partial charge in [-0.3, -0.25) is 4.68 Å². The third-order valence-corrected chi connectivity index (χ3v) is 2.92. The van der Waals surface area contributed by atoms with E-state index in [0.29, 0.717) is 11.0 Å². The lowest BCUT2D eigenvalue weighted by molar-refractivity contribution is 0.0699. The molecule has 3 aromatic rings. The Morgan fingerprint density at radius 2 is 2.16 bits per heavy atom. The van der Waals surface area contributed by atoms with E-state index in [1.807, 2.05) is 20.2 Å². The van der Waals surface area contributed by atoms with Gasteiger partial charge in [-0.25, -0.2) is 9.48 Å². The molecular formula is C12H11N5O2. The van der Waals surface area contributed by atoms with Crippen LogP contribution in [0.25, 0.3) is 16.7 Å². The first-order valence-corrected chi connectivity index (χ1v) is 5.66. The fourth-order valence-corrected chi connectivity index (χ4v) is 2.09. The summed E-state index contributed by atoms with van der Waals surface area (Å²) in [5.41, 5.74) is 2.75. The van der Waals surface area contributed by atoms with Gasteiger partial charge >= 0.3 is 5.97 Å². The van der Waals surface area contributed by atoms with Crippen LogP contribution in [0.2, 0.25) is 0 Å². The molecule has 0 saturated carbocycles. The SMILES string of the molecule is Cc1nn(C)cc1-n1nnc2c(C(=O)O)cccc21. The Morgan fingerprint density at radius 3 is 2.79 bits per heavy atom. The van der Waals surface area contributed by atoms with Crippen molar-refractivity contribution < 1.29 is 9.90 Å². The van der Waals surface area contributed by atoms with Gasteiger partial charge < -0.3 is 5.11 Å². The zero-order valence-electron chi connectivity index (χ0n) is 10.4. The van der Waals surface area contributed by atoms with Crippen molar-refractivity contribution >= 4 is 17.0 Å². The van der Waals surface area contributed by atoms with Gasteiger partial charge in [-0.1, -0.05) is 11.3 Å². The Kier molecular flexibility index (Phi) is 2.34. The molecule has 0 saturated heterocycles. The molecule has 3 rings (SSSR count). The topological polar surface area (TPSA) is 85.8 Å². The molecule has 1 aromatic carbocycles. The molecule has 2 aromatic heterocycles. The number of aromatic carboxylic acids is 1. The number of fused-ring (bicyclic) bond motifs is 1. The van der Waals surface area contributed by atoms with Crippen molar-refractivity contribution in [3.05, 3.63) is 35.7 Å². The third kappa shape index (κ3) is 1.67. The number of rotatable bonds is 2. The van der Waals surface area contributed by atoms with E-state index in [2.05, 4.69) is 15.4 Å². The maximum Gasteiger partial charge on any atom is 0.338 e. The Labute approximate surface area is 108 Å². The summed E-state index contributed by atoms with van der Waals surface area (Å²) in [5, 5.41) is 21.4. The number of aryl methyl sites for hydroxylation is 2. The summed E-state index contributed by atoms with van der Waals surface area (Å²) in [7, 11) is 1.82. The molecule has 19 heavy (non-hydrogen) atoms. The minimum atomic E-state index is -1.01. The average Bonchev–Trinajstić information content (AvgIpc) is 2.91. The molecule has 1 N–H and O–H groups in total. The van der Waals surface area contributed by atoms with Gasteiger partial charge in [0.15, 0.2) is 0 Å². The minimum Gasteiger partial charge on any atom is -0.478 e. The summed E-state index contributed by atoms with van der Waals surface area (Å²) in [5.74, 6) is -1.01. The molecule has 7 nitrogen and oxygen atoms in total. The largest absolute Gasteiger partial charge is 0.478 e. The van der Waals surface area contributed by atoms with E-state index < -0.39 is 5.97 Å². The summed E-state index contributed by atoms with van der Waals surface area (Å²) in [6.45, 7) is 1.86. The van der Waals surface area contributed by atoms with E-state index in [1.165, 1.54) is 6.07 Å². The van der Waals surface area contributed by atoms with Crippen LogP contribution < -0.4 is 0 Å². The van der Waals surface area contributed by atoms with Crippen LogP contribution in [0.5, 0.6) is 0 Å². The number of nitrogens with zero attached hydrogens (tertiary/aromatic N) is 5. The molecule has 0 aliphatic carbocycles. The van der Waals surface area contributed by atoms with Gasteiger partial charge in [0.1, 0.15) is 11.2 Å². The van der Waals surface area contributed by atoms with Crippen LogP contribution in [-0.4, -0.2) is 35.9 Å². The zero-order valence-corrected chi connectivity index (χ0v) is 10.4. The van der Waals surface area contributed by atoms with Crippen molar-refractivity contribution in [2.75, 3.05) is 0 Å². The fraction of sp³-hybridized carbons (Fsp3) is 0.167. The molecule has 0 aliphatic rings. The van der Waals surface area contributed by atoms with Crippen LogP contribution in [0.3, 0.4) is 0 Å². The van der Waals surface area contributed by atoms with Gasteiger partial charge in [-0.15, -0.1) is 5.10 Å². The van der Waals surface area contributed by atoms with Crippen molar-refractivity contribution in [3.63, 3.8) is 0 Å². The van der Waals surface area contributed by atoms with Gasteiger partial charge in [0.05, 0.1) is 23.0 Å². The van der Waals surface area contributed by atoms with Gasteiger partial charge in [0, 0.05) is 7.05 Å². The highest BCUT2D eigenvalue weighted by Gasteiger charge is 2.16. The average molecular weight is 257 g/mol. The standard InChI is InChI=1S/C12H11N5O2/c1-7-10(6-16(2)14-7)17-9-5-3-4-8(12(18)19)11(9)13-15-17/h3-6H,1-2H3,(H,18,19). The van der Waals surface area contributed by atoms with Crippen LogP contribution in [-0.2, 0) is 7.05 Å². The van der Waals surface area contributed by atoms with E-state index in [4.69, 9.17) is 5.11 Å². The van der Waals surface area contributed by atoms with Crippen LogP contribution in [0.15, 0.2) is 24.4 Å². The molecule has 0 spiro atoms. The normalized spacial score (nSPS) is 11.1. The van der Waals surface area contributed by atoms with Crippen molar-refractivity contribution in [2.45, 2.75) is 6.92 Å². The maximum atomic E-state index is 11.1. The second kappa shape index (κ2) is 3.91. The molecule has 0 unspecified atom stereocenters. The predicted molar refractivity (Wildman–Crippen MR) is 67.3 cm³/mol. The molecule has 0 radical (unpaired) electrons. The second-order valence-corrected chi connectivity index (χ2v) is 4.25. The summed E-state index contributed by atoms with van der Waals surface area (Å²) in [6.07, 6.45) is 1.82. The first-order valence-electron chi connectivity index (χ1n) is 5.66. The molecule has 2 heterocycles. The lowest BCUT2D eigenvalue weighted by Gasteiger charge is -2.00. The second-order valence-electron chi connectivity index (χ2n) is 4.25. The number of aromatic nitrogens is 5. The van der Waals surface area contributed by atoms with E-state index >= 15 is 0 Å². The van der Waals surface area contributed by atoms with Crippen molar-refractivity contribution in [1.29, 1.82) is 0 Å². The molecule has 0 fully saturated rings. The van der Waals surface area contributed by atoms with Crippen molar-refractivity contribution in [3.8, 4) is 5.69 Å². The molecule has 7 heteroatoms. The first-order chi connectivity index (χ1) is 9.08. The van der Waals surface area contributed by atoms with Crippen LogP contribution in [0, 0.1) is 6.92 Å². The summed E-state index contributed by atoms with van der Waals surface area (Å²) >= 11 is 0. The molecule has 0 aliphatic heterocycles. The van der Waals surface area contributed by atoms with Crippen LogP contribution in [0.4, 0.5) is 0 Å². The number of hydrogen-bond acceptors (Lipinski definition) is 4. The number of carboxylic acid groups (broad SMARTS) is 1. The highest BCUT2D eigenvalue weighted by Crippen LogP contribution is 2.20. The van der Waals surface area contributed by atoms with Crippen LogP contribution >= 0.6 is 0 Å². The predicted octanol–water partition coefficient (Wildman–Crippen LogP) is 1.16. The van der Waals surface area contributed by atoms with Crippen molar-refractivity contribution in [2.24, 2.45) is 7.05 Å². The zero-order chi connectivity index (χ0) is 13.6. The Balaban J connectivity index is 2.30. The summed E-state index contributed by atoms with van der Waals surface area (Å²) < 4.78 is 3.28. The molecule has 96 valence electrons. The number of hydrogen-bond donors (Lipinski definition) is 1. The smallest absolute Gasteiger partial charge is 0.338 e. The fourth-order valence-electron chi connectivity index (χ4n) is 2.09. The van der Waals surface area contributed by atoms with E-state index in [0.717, 1.165) is 11.4 Å². The van der Waals surface area contributed by atoms with Gasteiger partial charge in [0.25, 0.3) is 0 Å². The first kappa shape index (κ1) is 11.4. The molecule has 0 amide bonds. The highest BCUT2D eigenvalue weighted by atomic mass is 16.4. The Morgan fingerprint density at radius 1 is 1.37 bits per heavy atom. The van der Waals surface area contributed by atoms with Gasteiger partial charge in [-0.2, -0.15) is 5.10 Å². The van der Waals surface area contributed by atoms with E-state index in [9.17, 15) is 4.79 Å². The van der Waals surface area contributed by atoms with E-state index in [1.54, 1.807) is 21.5 Å². The maximum absolute atomic E-state index is 11.1. The molecule has 0 atom stereocenters.